The van der Waals surface area contributed by atoms with Crippen molar-refractivity contribution in [2.75, 3.05) is 5.32 Å². The number of benzene rings is 1. The van der Waals surface area contributed by atoms with Gasteiger partial charge in [-0.15, -0.1) is 0 Å². The van der Waals surface area contributed by atoms with E-state index >= 15 is 0 Å². The van der Waals surface area contributed by atoms with Gasteiger partial charge in [-0.2, -0.15) is 0 Å². The van der Waals surface area contributed by atoms with Crippen molar-refractivity contribution in [1.29, 1.82) is 0 Å². The number of rotatable bonds is 3. The van der Waals surface area contributed by atoms with Crippen LogP contribution in [0.25, 0.3) is 5.65 Å². The van der Waals surface area contributed by atoms with Gasteiger partial charge in [-0.05, 0) is 12.1 Å². The number of nitrogens with one attached hydrogen (secondary N) is 1. The van der Waals surface area contributed by atoms with Gasteiger partial charge in [0, 0.05) is 18.6 Å². The second kappa shape index (κ2) is 5.34. The lowest BCUT2D eigenvalue weighted by Gasteiger charge is -2.14. The van der Waals surface area contributed by atoms with Crippen LogP contribution in [0.1, 0.15) is 10.4 Å². The van der Waals surface area contributed by atoms with E-state index in [4.69, 9.17) is 25.2 Å². The molecule has 5 nitrogen and oxygen atoms in total. The van der Waals surface area contributed by atoms with Crippen molar-refractivity contribution in [2.45, 2.75) is 0 Å². The fraction of sp³-hybridized carbons (Fsp3) is 0. The molecule has 0 atom stereocenters. The van der Waals surface area contributed by atoms with Gasteiger partial charge in [-0.1, -0.05) is 23.1 Å². The number of carbonyl (C=O) groups excluding carboxylic acids is 1. The van der Waals surface area contributed by atoms with Crippen LogP contribution in [0.2, 0.25) is 5.02 Å². The number of pyridine rings is 1. The van der Waals surface area contributed by atoms with Crippen molar-refractivity contribution in [1.82, 2.24) is 9.38 Å². The summed E-state index contributed by atoms with van der Waals surface area (Å²) in [6.07, 6.45) is 4.63. The summed E-state index contributed by atoms with van der Waals surface area (Å²) < 4.78 is 15.5. The van der Waals surface area contributed by atoms with Crippen LogP contribution in [0.3, 0.4) is 0 Å². The second-order valence-corrected chi connectivity index (χ2v) is 5.00. The van der Waals surface area contributed by atoms with Crippen LogP contribution in [-0.2, 0) is 0 Å². The number of halogens is 2. The number of hydrogen-bond donors (Lipinski definition) is 2. The average molecular weight is 315 g/mol. The molecule has 0 spiro atoms. The van der Waals surface area contributed by atoms with E-state index < -0.39 is 11.7 Å². The maximum Gasteiger partial charge on any atom is 0.252 e. The second-order valence-electron chi connectivity index (χ2n) is 4.62. The van der Waals surface area contributed by atoms with Crippen molar-refractivity contribution in [3.05, 3.63) is 53.2 Å². The molecule has 8 heteroatoms. The van der Waals surface area contributed by atoms with Crippen molar-refractivity contribution in [2.24, 2.45) is 5.73 Å². The number of primary amides is 1. The molecule has 0 saturated heterocycles. The first-order chi connectivity index (χ1) is 10.5. The zero-order valence-corrected chi connectivity index (χ0v) is 11.9. The Labute approximate surface area is 131 Å². The zero-order chi connectivity index (χ0) is 15.9. The van der Waals surface area contributed by atoms with Gasteiger partial charge < -0.3 is 15.5 Å². The number of hydrogen-bond acceptors (Lipinski definition) is 3. The Hall–Kier alpha value is -2.54. The number of carbonyl (C=O) groups is 1. The lowest BCUT2D eigenvalue weighted by Crippen LogP contribution is -2.15. The number of fused-ring (bicyclic) bond motifs is 1. The molecule has 108 valence electrons. The highest BCUT2D eigenvalue weighted by Crippen LogP contribution is 2.32. The van der Waals surface area contributed by atoms with E-state index in [-0.39, 0.29) is 27.4 Å². The summed E-state index contributed by atoms with van der Waals surface area (Å²) in [5.74, 6) is -1.27. The summed E-state index contributed by atoms with van der Waals surface area (Å²) in [5, 5.41) is 2.95. The fourth-order valence-electron chi connectivity index (χ4n) is 2.10. The quantitative estimate of drug-likeness (QED) is 0.724. The number of amides is 1. The molecule has 3 aromatic rings. The van der Waals surface area contributed by atoms with Crippen LogP contribution in [0, 0.1) is 5.82 Å². The third-order valence-electron chi connectivity index (χ3n) is 3.14. The Balaban J connectivity index is 2.18. The molecule has 0 aliphatic carbocycles. The average Bonchev–Trinajstić information content (AvgIpc) is 2.92. The van der Waals surface area contributed by atoms with Crippen LogP contribution in [-0.4, -0.2) is 23.1 Å². The summed E-state index contributed by atoms with van der Waals surface area (Å²) in [5.41, 5.74) is 6.51. The van der Waals surface area contributed by atoms with Crippen molar-refractivity contribution in [3.63, 3.8) is 0 Å². The van der Waals surface area contributed by atoms with Crippen molar-refractivity contribution >= 4 is 47.8 Å². The van der Waals surface area contributed by atoms with Gasteiger partial charge in [0.2, 0.25) is 0 Å². The molecule has 3 rings (SSSR count). The summed E-state index contributed by atoms with van der Waals surface area (Å²) in [7, 11) is 5.51. The molecule has 0 aliphatic rings. The van der Waals surface area contributed by atoms with Crippen LogP contribution < -0.4 is 16.5 Å². The van der Waals surface area contributed by atoms with Gasteiger partial charge >= 0.3 is 0 Å². The van der Waals surface area contributed by atoms with Crippen LogP contribution >= 0.6 is 11.6 Å². The normalized spacial score (nSPS) is 10.8. The van der Waals surface area contributed by atoms with E-state index in [9.17, 15) is 9.18 Å². The third-order valence-corrected chi connectivity index (χ3v) is 3.50. The van der Waals surface area contributed by atoms with E-state index in [0.29, 0.717) is 5.65 Å². The molecular weight excluding hydrogens is 305 g/mol. The maximum absolute atomic E-state index is 13.9. The first-order valence-corrected chi connectivity index (χ1v) is 6.62. The van der Waals surface area contributed by atoms with E-state index in [2.05, 4.69) is 10.3 Å². The Morgan fingerprint density at radius 1 is 1.45 bits per heavy atom. The summed E-state index contributed by atoms with van der Waals surface area (Å²) in [6, 6.07) is 4.13. The minimum absolute atomic E-state index is 0.117. The molecule has 2 heterocycles. The van der Waals surface area contributed by atoms with E-state index in [1.807, 2.05) is 0 Å². The standard InChI is InChI=1S/C14H9BClFN4O/c15-7-1-2-10(9(17)5-7)20-12-8(13(18)22)6-21-4-3-19-14(21)11(12)16/h1-6,20H,(H2,18,22). The topological polar surface area (TPSA) is 72.4 Å². The number of imidazole rings is 1. The van der Waals surface area contributed by atoms with E-state index in [1.54, 1.807) is 10.6 Å². The minimum Gasteiger partial charge on any atom is -0.365 e. The largest absolute Gasteiger partial charge is 0.365 e. The Bertz CT molecular complexity index is 896. The lowest BCUT2D eigenvalue weighted by molar-refractivity contribution is 0.100. The molecule has 1 amide bonds. The number of nitrogens with zero attached hydrogens (tertiary/aromatic N) is 2. The number of anilines is 2. The molecule has 0 fully saturated rings. The molecule has 22 heavy (non-hydrogen) atoms. The van der Waals surface area contributed by atoms with Crippen LogP contribution in [0.15, 0.2) is 36.8 Å². The Morgan fingerprint density at radius 2 is 2.23 bits per heavy atom. The first kappa shape index (κ1) is 14.4. The predicted molar refractivity (Wildman–Crippen MR) is 83.8 cm³/mol. The van der Waals surface area contributed by atoms with Gasteiger partial charge in [0.1, 0.15) is 18.7 Å². The van der Waals surface area contributed by atoms with Gasteiger partial charge in [0.05, 0.1) is 16.9 Å². The van der Waals surface area contributed by atoms with Gasteiger partial charge in [-0.3, -0.25) is 4.79 Å². The molecular formula is C14H9BClFN4O. The molecule has 0 aliphatic heterocycles. The van der Waals surface area contributed by atoms with E-state index in [0.717, 1.165) is 6.07 Å². The van der Waals surface area contributed by atoms with Crippen molar-refractivity contribution < 1.29 is 9.18 Å². The van der Waals surface area contributed by atoms with Gasteiger partial charge in [0.25, 0.3) is 5.91 Å². The van der Waals surface area contributed by atoms with E-state index in [1.165, 1.54) is 24.5 Å². The van der Waals surface area contributed by atoms with Gasteiger partial charge in [-0.25, -0.2) is 9.37 Å². The smallest absolute Gasteiger partial charge is 0.252 e. The number of aromatic nitrogens is 2. The molecule has 0 unspecified atom stereocenters. The SMILES string of the molecule is [B]c1ccc(Nc2c(C(N)=O)cn3ccnc3c2Cl)c(F)c1. The first-order valence-electron chi connectivity index (χ1n) is 6.24. The molecule has 2 radical (unpaired) electrons. The summed E-state index contributed by atoms with van der Waals surface area (Å²) in [6.45, 7) is 0. The van der Waals surface area contributed by atoms with Gasteiger partial charge in [0.15, 0.2) is 5.65 Å². The Morgan fingerprint density at radius 3 is 2.91 bits per heavy atom. The molecule has 0 bridgehead atoms. The predicted octanol–water partition coefficient (Wildman–Crippen LogP) is 1.76. The minimum atomic E-state index is -0.698. The highest BCUT2D eigenvalue weighted by molar-refractivity contribution is 6.37. The monoisotopic (exact) mass is 314 g/mol. The summed E-state index contributed by atoms with van der Waals surface area (Å²) in [4.78, 5) is 15.7. The molecule has 2 aromatic heterocycles. The maximum atomic E-state index is 13.9. The van der Waals surface area contributed by atoms with Crippen molar-refractivity contribution in [3.8, 4) is 0 Å². The van der Waals surface area contributed by atoms with Crippen LogP contribution in [0.4, 0.5) is 15.8 Å². The summed E-state index contributed by atoms with van der Waals surface area (Å²) >= 11 is 6.26. The highest BCUT2D eigenvalue weighted by Gasteiger charge is 2.18. The molecule has 0 saturated carbocycles. The Kier molecular flexibility index (Phi) is 3.50. The highest BCUT2D eigenvalue weighted by atomic mass is 35.5. The third kappa shape index (κ3) is 2.39. The number of nitrogens with two attached hydrogens (primary N) is 1. The fourth-order valence-corrected chi connectivity index (χ4v) is 2.39. The van der Waals surface area contributed by atoms with Crippen LogP contribution in [0.5, 0.6) is 0 Å². The zero-order valence-electron chi connectivity index (χ0n) is 11.2. The molecule has 3 N–H and O–H groups in total. The lowest BCUT2D eigenvalue weighted by atomic mass is 9.96. The molecule has 1 aromatic carbocycles.